The number of nitrogens with zero attached hydrogens (tertiary/aromatic N) is 2. The number of thioether (sulfide) groups is 1. The van der Waals surface area contributed by atoms with Crippen molar-refractivity contribution in [3.8, 4) is 11.5 Å². The second kappa shape index (κ2) is 10.2. The van der Waals surface area contributed by atoms with Crippen molar-refractivity contribution in [1.29, 1.82) is 0 Å². The predicted octanol–water partition coefficient (Wildman–Crippen LogP) is 3.84. The van der Waals surface area contributed by atoms with Gasteiger partial charge in [-0.3, -0.25) is 0 Å². The summed E-state index contributed by atoms with van der Waals surface area (Å²) < 4.78 is 11.0. The number of hydrogen-bond acceptors (Lipinski definition) is 5. The van der Waals surface area contributed by atoms with Crippen molar-refractivity contribution in [3.05, 3.63) is 72.3 Å². The summed E-state index contributed by atoms with van der Waals surface area (Å²) in [6.07, 6.45) is 3.26. The Labute approximate surface area is 152 Å². The molecule has 25 heavy (non-hydrogen) atoms. The van der Waals surface area contributed by atoms with E-state index in [0.29, 0.717) is 23.3 Å². The zero-order chi connectivity index (χ0) is 17.9. The van der Waals surface area contributed by atoms with E-state index in [4.69, 9.17) is 15.2 Å². The van der Waals surface area contributed by atoms with Crippen molar-refractivity contribution in [2.75, 3.05) is 13.7 Å². The minimum atomic E-state index is 0.375. The molecule has 0 unspecified atom stereocenters. The molecular weight excluding hydrogens is 334 g/mol. The highest BCUT2D eigenvalue weighted by Crippen LogP contribution is 2.30. The van der Waals surface area contributed by atoms with Crippen molar-refractivity contribution in [2.45, 2.75) is 5.75 Å². The lowest BCUT2D eigenvalue weighted by Crippen LogP contribution is -2.06. The van der Waals surface area contributed by atoms with Gasteiger partial charge >= 0.3 is 0 Å². The monoisotopic (exact) mass is 355 g/mol. The summed E-state index contributed by atoms with van der Waals surface area (Å²) >= 11 is 1.44. The molecule has 2 aromatic rings. The van der Waals surface area contributed by atoms with Gasteiger partial charge in [0.2, 0.25) is 0 Å². The standard InChI is InChI=1S/C19H21N3O2S/c1-3-12-24-18-16(10-7-11-17(18)23-2)13-21-22-19(20)25-14-15-8-5-4-6-9-15/h3-11,13H,1,12,14H2,2H3,(H2,20,22). The first-order valence-electron chi connectivity index (χ1n) is 7.68. The van der Waals surface area contributed by atoms with Crippen LogP contribution in [0, 0.1) is 0 Å². The van der Waals surface area contributed by atoms with Gasteiger partial charge in [-0.2, -0.15) is 5.10 Å². The molecule has 0 aromatic heterocycles. The molecule has 0 saturated carbocycles. The first-order chi connectivity index (χ1) is 12.2. The highest BCUT2D eigenvalue weighted by atomic mass is 32.2. The number of para-hydroxylation sites is 1. The van der Waals surface area contributed by atoms with Crippen LogP contribution in [0.3, 0.4) is 0 Å². The molecule has 2 aromatic carbocycles. The fourth-order valence-corrected chi connectivity index (χ4v) is 2.61. The van der Waals surface area contributed by atoms with Crippen molar-refractivity contribution in [3.63, 3.8) is 0 Å². The Balaban J connectivity index is 2.03. The largest absolute Gasteiger partial charge is 0.493 e. The highest BCUT2D eigenvalue weighted by Gasteiger charge is 2.08. The summed E-state index contributed by atoms with van der Waals surface area (Å²) in [6, 6.07) is 15.6. The number of ether oxygens (including phenoxy) is 2. The van der Waals surface area contributed by atoms with Crippen LogP contribution in [-0.4, -0.2) is 25.1 Å². The molecule has 0 atom stereocenters. The maximum absolute atomic E-state index is 5.89. The van der Waals surface area contributed by atoms with Crippen molar-refractivity contribution in [2.24, 2.45) is 15.9 Å². The summed E-state index contributed by atoms with van der Waals surface area (Å²) in [6.45, 7) is 4.03. The quantitative estimate of drug-likeness (QED) is 0.338. The highest BCUT2D eigenvalue weighted by molar-refractivity contribution is 8.13. The molecule has 2 rings (SSSR count). The zero-order valence-corrected chi connectivity index (χ0v) is 14.9. The molecule has 0 fully saturated rings. The van der Waals surface area contributed by atoms with E-state index in [2.05, 4.69) is 16.8 Å². The zero-order valence-electron chi connectivity index (χ0n) is 14.1. The van der Waals surface area contributed by atoms with Crippen LogP contribution in [0.15, 0.2) is 71.4 Å². The molecule has 6 heteroatoms. The van der Waals surface area contributed by atoms with Gasteiger partial charge in [0.25, 0.3) is 0 Å². The second-order valence-electron chi connectivity index (χ2n) is 4.94. The average Bonchev–Trinajstić information content (AvgIpc) is 2.66. The third-order valence-corrected chi connectivity index (χ3v) is 4.01. The van der Waals surface area contributed by atoms with E-state index >= 15 is 0 Å². The number of benzene rings is 2. The van der Waals surface area contributed by atoms with Crippen LogP contribution in [0.1, 0.15) is 11.1 Å². The van der Waals surface area contributed by atoms with E-state index < -0.39 is 0 Å². The molecular formula is C19H21N3O2S. The van der Waals surface area contributed by atoms with Crippen LogP contribution < -0.4 is 15.2 Å². The molecule has 0 heterocycles. The van der Waals surface area contributed by atoms with E-state index in [9.17, 15) is 0 Å². The maximum atomic E-state index is 5.89. The topological polar surface area (TPSA) is 69.2 Å². The molecule has 0 radical (unpaired) electrons. The summed E-state index contributed by atoms with van der Waals surface area (Å²) in [5.41, 5.74) is 7.83. The van der Waals surface area contributed by atoms with E-state index in [0.717, 1.165) is 11.3 Å². The molecule has 0 aliphatic heterocycles. The molecule has 130 valence electrons. The predicted molar refractivity (Wildman–Crippen MR) is 106 cm³/mol. The Morgan fingerprint density at radius 2 is 2.00 bits per heavy atom. The molecule has 0 bridgehead atoms. The summed E-state index contributed by atoms with van der Waals surface area (Å²) in [7, 11) is 1.59. The lowest BCUT2D eigenvalue weighted by molar-refractivity contribution is 0.326. The number of rotatable bonds is 8. The van der Waals surface area contributed by atoms with Crippen molar-refractivity contribution >= 4 is 23.1 Å². The first kappa shape index (κ1) is 18.6. The number of nitrogens with two attached hydrogens (primary N) is 1. The van der Waals surface area contributed by atoms with Gasteiger partial charge in [-0.15, -0.1) is 5.10 Å². The van der Waals surface area contributed by atoms with Crippen molar-refractivity contribution < 1.29 is 9.47 Å². The van der Waals surface area contributed by atoms with Gasteiger partial charge in [0.05, 0.1) is 13.3 Å². The molecule has 2 N–H and O–H groups in total. The second-order valence-corrected chi connectivity index (χ2v) is 5.93. The summed E-state index contributed by atoms with van der Waals surface area (Å²) in [5.74, 6) is 1.97. The minimum Gasteiger partial charge on any atom is -0.493 e. The smallest absolute Gasteiger partial charge is 0.180 e. The first-order valence-corrected chi connectivity index (χ1v) is 8.67. The number of methoxy groups -OCH3 is 1. The third-order valence-electron chi connectivity index (χ3n) is 3.16. The molecule has 0 amide bonds. The van der Waals surface area contributed by atoms with Gasteiger partial charge in [-0.05, 0) is 17.7 Å². The van der Waals surface area contributed by atoms with Gasteiger partial charge in [0.1, 0.15) is 6.61 Å². The molecule has 5 nitrogen and oxygen atoms in total. The number of hydrogen-bond donors (Lipinski definition) is 1. The SMILES string of the molecule is C=CCOc1c(C=NN=C(N)SCc2ccccc2)cccc1OC. The normalized spacial score (nSPS) is 11.5. The van der Waals surface area contributed by atoms with Gasteiger partial charge in [-0.25, -0.2) is 0 Å². The lowest BCUT2D eigenvalue weighted by Gasteiger charge is -2.11. The van der Waals surface area contributed by atoms with Crippen LogP contribution in [0.4, 0.5) is 0 Å². The van der Waals surface area contributed by atoms with Crippen LogP contribution in [0.5, 0.6) is 11.5 Å². The Hall–Kier alpha value is -2.73. The number of amidine groups is 1. The van der Waals surface area contributed by atoms with Crippen LogP contribution in [0.2, 0.25) is 0 Å². The van der Waals surface area contributed by atoms with Gasteiger partial charge in [0.15, 0.2) is 16.7 Å². The summed E-state index contributed by atoms with van der Waals surface area (Å²) in [4.78, 5) is 0. The molecule has 0 aliphatic carbocycles. The average molecular weight is 355 g/mol. The lowest BCUT2D eigenvalue weighted by atomic mass is 10.2. The fraction of sp³-hybridized carbons (Fsp3) is 0.158. The van der Waals surface area contributed by atoms with Gasteiger partial charge in [0, 0.05) is 11.3 Å². The van der Waals surface area contributed by atoms with E-state index in [1.807, 2.05) is 48.5 Å². The Morgan fingerprint density at radius 3 is 2.72 bits per heavy atom. The molecule has 0 saturated heterocycles. The Bertz CT molecular complexity index is 746. The van der Waals surface area contributed by atoms with Crippen LogP contribution in [-0.2, 0) is 5.75 Å². The van der Waals surface area contributed by atoms with Crippen molar-refractivity contribution in [1.82, 2.24) is 0 Å². The molecule has 0 spiro atoms. The van der Waals surface area contributed by atoms with Gasteiger partial charge in [-0.1, -0.05) is 60.8 Å². The maximum Gasteiger partial charge on any atom is 0.180 e. The van der Waals surface area contributed by atoms with E-state index in [1.165, 1.54) is 17.3 Å². The fourth-order valence-electron chi connectivity index (χ4n) is 2.00. The van der Waals surface area contributed by atoms with E-state index in [1.54, 1.807) is 19.4 Å². The Morgan fingerprint density at radius 1 is 1.20 bits per heavy atom. The summed E-state index contributed by atoms with van der Waals surface area (Å²) in [5, 5.41) is 8.47. The molecule has 0 aliphatic rings. The van der Waals surface area contributed by atoms with Crippen LogP contribution in [0.25, 0.3) is 0 Å². The van der Waals surface area contributed by atoms with Crippen LogP contribution >= 0.6 is 11.8 Å². The Kier molecular flexibility index (Phi) is 7.59. The van der Waals surface area contributed by atoms with Gasteiger partial charge < -0.3 is 15.2 Å². The third kappa shape index (κ3) is 6.00. The minimum absolute atomic E-state index is 0.375. The van der Waals surface area contributed by atoms with E-state index in [-0.39, 0.29) is 0 Å².